The van der Waals surface area contributed by atoms with E-state index in [9.17, 15) is 9.18 Å². The molecule has 3 aromatic carbocycles. The molecule has 11 heteroatoms. The van der Waals surface area contributed by atoms with Crippen molar-refractivity contribution in [3.8, 4) is 17.6 Å². The van der Waals surface area contributed by atoms with Crippen LogP contribution in [0.5, 0.6) is 5.88 Å². The number of aromatic nitrogens is 4. The number of benzene rings is 3. The molecule has 0 aliphatic carbocycles. The van der Waals surface area contributed by atoms with Gasteiger partial charge in [-0.05, 0) is 54.8 Å². The number of fused-ring (bicyclic) bond motifs is 1. The monoisotopic (exact) mass is 643 g/mol. The molecule has 3 heterocycles. The van der Waals surface area contributed by atoms with E-state index in [1.807, 2.05) is 45.3 Å². The summed E-state index contributed by atoms with van der Waals surface area (Å²) >= 11 is 0. The zero-order chi connectivity index (χ0) is 34.1. The molecule has 0 N–H and O–H groups in total. The van der Waals surface area contributed by atoms with Gasteiger partial charge < -0.3 is 18.8 Å². The minimum Gasteiger partial charge on any atom is -0.472 e. The number of hydrogen-bond donors (Lipinski definition) is 0. The number of methoxy groups -OCH3 is 1. The van der Waals surface area contributed by atoms with Gasteiger partial charge in [-0.15, -0.1) is 5.10 Å². The van der Waals surface area contributed by atoms with E-state index in [-0.39, 0.29) is 36.1 Å². The highest BCUT2D eigenvalue weighted by molar-refractivity contribution is 5.93. The van der Waals surface area contributed by atoms with Crippen molar-refractivity contribution in [2.45, 2.75) is 66.7 Å². The summed E-state index contributed by atoms with van der Waals surface area (Å²) in [5.41, 5.74) is 4.14. The van der Waals surface area contributed by atoms with Crippen LogP contribution in [0.25, 0.3) is 16.7 Å². The number of aryl methyl sites for hydroxylation is 1. The standard InChI is InChI=1S/C32H27F2N5O4.2C2H6/c1-19-11-23(14-30-36-27-6-5-21(32(40)41-2)13-29(27)38(30)17-24-8-10-42-24)26(34)15-28(19)39-9-7-31(37-39)43-18-22-4-3-20(16-35)12-25(22)33;2*1-2/h3-7,9,11-13,15,24H,8,10,14,17-18H2,1-2H3;2*1-2H3/t24-;;/m0../s1. The van der Waals surface area contributed by atoms with Gasteiger partial charge >= 0.3 is 5.97 Å². The van der Waals surface area contributed by atoms with Crippen LogP contribution in [0.1, 0.15) is 72.6 Å². The average molecular weight is 644 g/mol. The SMILES string of the molecule is CC.CC.COC(=O)c1ccc2nc(Cc3cc(C)c(-n4ccc(OCc5ccc(C#N)cc5F)n4)cc3F)n(C[C@@H]3CCO3)c2c1. The molecule has 47 heavy (non-hydrogen) atoms. The van der Waals surface area contributed by atoms with Crippen molar-refractivity contribution in [2.75, 3.05) is 13.7 Å². The van der Waals surface area contributed by atoms with E-state index in [0.717, 1.165) is 23.6 Å². The van der Waals surface area contributed by atoms with Crippen LogP contribution in [0.4, 0.5) is 8.78 Å². The zero-order valence-corrected chi connectivity index (χ0v) is 27.5. The highest BCUT2D eigenvalue weighted by Gasteiger charge is 2.23. The number of esters is 1. The number of halogens is 2. The molecule has 1 fully saturated rings. The third-order valence-electron chi connectivity index (χ3n) is 7.51. The van der Waals surface area contributed by atoms with Crippen molar-refractivity contribution in [2.24, 2.45) is 0 Å². The first-order chi connectivity index (χ1) is 22.8. The van der Waals surface area contributed by atoms with Crippen molar-refractivity contribution in [3.05, 3.63) is 106 Å². The number of nitrogens with zero attached hydrogens (tertiary/aromatic N) is 5. The molecular weight excluding hydrogens is 604 g/mol. The van der Waals surface area contributed by atoms with Crippen LogP contribution >= 0.6 is 0 Å². The number of imidazole rings is 1. The Morgan fingerprint density at radius 1 is 1.04 bits per heavy atom. The topological polar surface area (TPSA) is 104 Å². The van der Waals surface area contributed by atoms with Gasteiger partial charge in [0, 0.05) is 36.9 Å². The fraction of sp³-hybridized carbons (Fsp3) is 0.333. The molecule has 2 aromatic heterocycles. The van der Waals surface area contributed by atoms with Gasteiger partial charge in [0.2, 0.25) is 5.88 Å². The van der Waals surface area contributed by atoms with Crippen LogP contribution in [-0.2, 0) is 29.0 Å². The summed E-state index contributed by atoms with van der Waals surface area (Å²) in [7, 11) is 1.34. The first-order valence-corrected chi connectivity index (χ1v) is 15.7. The van der Waals surface area contributed by atoms with Gasteiger partial charge in [0.25, 0.3) is 0 Å². The molecule has 1 aliphatic rings. The molecule has 5 aromatic rings. The van der Waals surface area contributed by atoms with E-state index in [4.69, 9.17) is 24.5 Å². The molecule has 0 spiro atoms. The summed E-state index contributed by atoms with van der Waals surface area (Å²) in [4.78, 5) is 16.9. The molecule has 1 atom stereocenters. The molecule has 0 radical (unpaired) electrons. The van der Waals surface area contributed by atoms with Crippen LogP contribution in [0.15, 0.2) is 60.8 Å². The summed E-state index contributed by atoms with van der Waals surface area (Å²) < 4.78 is 49.4. The lowest BCUT2D eigenvalue weighted by Crippen LogP contribution is -2.31. The highest BCUT2D eigenvalue weighted by atomic mass is 19.1. The second-order valence-corrected chi connectivity index (χ2v) is 10.3. The highest BCUT2D eigenvalue weighted by Crippen LogP contribution is 2.27. The van der Waals surface area contributed by atoms with Crippen molar-refractivity contribution in [3.63, 3.8) is 0 Å². The second kappa shape index (κ2) is 16.0. The number of rotatable bonds is 9. The van der Waals surface area contributed by atoms with Crippen molar-refractivity contribution in [1.82, 2.24) is 19.3 Å². The number of nitriles is 1. The van der Waals surface area contributed by atoms with Gasteiger partial charge in [-0.1, -0.05) is 39.8 Å². The van der Waals surface area contributed by atoms with Gasteiger partial charge in [-0.25, -0.2) is 23.2 Å². The quantitative estimate of drug-likeness (QED) is 0.153. The van der Waals surface area contributed by atoms with E-state index in [2.05, 4.69) is 5.10 Å². The Balaban J connectivity index is 0.00000120. The van der Waals surface area contributed by atoms with E-state index in [0.29, 0.717) is 41.3 Å². The van der Waals surface area contributed by atoms with Crippen LogP contribution in [0.3, 0.4) is 0 Å². The normalized spacial score (nSPS) is 13.4. The maximum atomic E-state index is 15.6. The molecule has 1 aliphatic heterocycles. The largest absolute Gasteiger partial charge is 0.472 e. The lowest BCUT2D eigenvalue weighted by Gasteiger charge is -2.27. The smallest absolute Gasteiger partial charge is 0.337 e. The molecule has 0 bridgehead atoms. The minimum atomic E-state index is -0.537. The fourth-order valence-corrected chi connectivity index (χ4v) is 5.08. The molecule has 1 saturated heterocycles. The first-order valence-electron chi connectivity index (χ1n) is 15.7. The minimum absolute atomic E-state index is 0.0246. The third-order valence-corrected chi connectivity index (χ3v) is 7.51. The van der Waals surface area contributed by atoms with Crippen molar-refractivity contribution >= 4 is 17.0 Å². The van der Waals surface area contributed by atoms with Crippen molar-refractivity contribution in [1.29, 1.82) is 5.26 Å². The lowest BCUT2D eigenvalue weighted by molar-refractivity contribution is -0.0589. The number of hydrogen-bond acceptors (Lipinski definition) is 7. The summed E-state index contributed by atoms with van der Waals surface area (Å²) in [5, 5.41) is 13.3. The lowest BCUT2D eigenvalue weighted by atomic mass is 10.1. The molecule has 0 amide bonds. The van der Waals surface area contributed by atoms with E-state index >= 15 is 4.39 Å². The Morgan fingerprint density at radius 2 is 1.79 bits per heavy atom. The predicted molar refractivity (Wildman–Crippen MR) is 175 cm³/mol. The number of carbonyl (C=O) groups is 1. The fourth-order valence-electron chi connectivity index (χ4n) is 5.08. The summed E-state index contributed by atoms with van der Waals surface area (Å²) in [5.74, 6) is -0.507. The van der Waals surface area contributed by atoms with E-state index in [1.54, 1.807) is 36.5 Å². The summed E-state index contributed by atoms with van der Waals surface area (Å²) in [6.07, 6.45) is 2.81. The maximum absolute atomic E-state index is 15.6. The molecular formula is C36H39F2N5O4. The molecule has 6 rings (SSSR count). The van der Waals surface area contributed by atoms with Crippen LogP contribution < -0.4 is 4.74 Å². The Kier molecular flexibility index (Phi) is 11.8. The Morgan fingerprint density at radius 3 is 2.45 bits per heavy atom. The number of carbonyl (C=O) groups excluding carboxylic acids is 1. The average Bonchev–Trinajstić information content (AvgIpc) is 3.69. The number of ether oxygens (including phenoxy) is 3. The van der Waals surface area contributed by atoms with Crippen LogP contribution in [0.2, 0.25) is 0 Å². The van der Waals surface area contributed by atoms with Gasteiger partial charge in [0.1, 0.15) is 24.1 Å². The van der Waals surface area contributed by atoms with E-state index in [1.165, 1.54) is 30.0 Å². The second-order valence-electron chi connectivity index (χ2n) is 10.3. The molecule has 0 unspecified atom stereocenters. The molecule has 246 valence electrons. The Bertz CT molecular complexity index is 1890. The van der Waals surface area contributed by atoms with Crippen molar-refractivity contribution < 1.29 is 27.8 Å². The van der Waals surface area contributed by atoms with Gasteiger partial charge in [-0.2, -0.15) is 5.26 Å². The van der Waals surface area contributed by atoms with Gasteiger partial charge in [0.15, 0.2) is 0 Å². The Hall–Kier alpha value is -5.08. The molecule has 9 nitrogen and oxygen atoms in total. The first kappa shape index (κ1) is 34.8. The Labute approximate surface area is 273 Å². The van der Waals surface area contributed by atoms with Crippen LogP contribution in [0, 0.1) is 29.9 Å². The van der Waals surface area contributed by atoms with Gasteiger partial charge in [-0.3, -0.25) is 0 Å². The molecule has 0 saturated carbocycles. The van der Waals surface area contributed by atoms with Gasteiger partial charge in [0.05, 0.1) is 53.7 Å². The zero-order valence-electron chi connectivity index (χ0n) is 27.5. The summed E-state index contributed by atoms with van der Waals surface area (Å²) in [6.45, 7) is 11.0. The third kappa shape index (κ3) is 7.84. The predicted octanol–water partition coefficient (Wildman–Crippen LogP) is 7.48. The van der Waals surface area contributed by atoms with Crippen LogP contribution in [-0.4, -0.2) is 45.1 Å². The summed E-state index contributed by atoms with van der Waals surface area (Å²) in [6, 6.07) is 16.0. The van der Waals surface area contributed by atoms with E-state index < -0.39 is 17.6 Å². The maximum Gasteiger partial charge on any atom is 0.337 e.